The number of nitro benzene ring substituents is 1. The highest BCUT2D eigenvalue weighted by Gasteiger charge is 2.15. The van der Waals surface area contributed by atoms with E-state index in [2.05, 4.69) is 30.0 Å². The van der Waals surface area contributed by atoms with Crippen LogP contribution in [0.1, 0.15) is 37.8 Å². The first-order valence-electron chi connectivity index (χ1n) is 8.96. The van der Waals surface area contributed by atoms with Crippen molar-refractivity contribution in [1.29, 1.82) is 0 Å². The van der Waals surface area contributed by atoms with Gasteiger partial charge in [-0.05, 0) is 54.7 Å². The molecule has 2 rings (SSSR count). The van der Waals surface area contributed by atoms with Crippen LogP contribution in [0.25, 0.3) is 0 Å². The standard InChI is InChI=1S/C20H24N4O3S/c1-13(2)12-15-4-6-16(7-5-15)14(3)19(25)22-23-20(28)21-17-8-10-18(11-9-17)24(26)27/h4-11,13-14H,12H2,1-3H3,(H,22,25)(H2,21,23,28). The molecular weight excluding hydrogens is 376 g/mol. The molecule has 8 heteroatoms. The van der Waals surface area contributed by atoms with Crippen LogP contribution in [-0.2, 0) is 11.2 Å². The lowest BCUT2D eigenvalue weighted by Crippen LogP contribution is -2.45. The van der Waals surface area contributed by atoms with Gasteiger partial charge < -0.3 is 5.32 Å². The number of carbonyl (C=O) groups excluding carboxylic acids is 1. The number of nitrogens with zero attached hydrogens (tertiary/aromatic N) is 1. The molecule has 2 aromatic rings. The summed E-state index contributed by atoms with van der Waals surface area (Å²) >= 11 is 5.13. The molecule has 0 spiro atoms. The Labute approximate surface area is 169 Å². The molecular formula is C20H24N4O3S. The number of hydrogen-bond acceptors (Lipinski definition) is 4. The number of hydrogen-bond donors (Lipinski definition) is 3. The number of amides is 1. The monoisotopic (exact) mass is 400 g/mol. The zero-order valence-electron chi connectivity index (χ0n) is 16.1. The Morgan fingerprint density at radius 1 is 1.04 bits per heavy atom. The summed E-state index contributed by atoms with van der Waals surface area (Å²) in [6.45, 7) is 6.16. The van der Waals surface area contributed by atoms with E-state index in [-0.39, 0.29) is 22.6 Å². The number of anilines is 1. The highest BCUT2D eigenvalue weighted by molar-refractivity contribution is 7.80. The van der Waals surface area contributed by atoms with Gasteiger partial charge in [0.2, 0.25) is 5.91 Å². The smallest absolute Gasteiger partial charge is 0.269 e. The average molecular weight is 401 g/mol. The van der Waals surface area contributed by atoms with Crippen molar-refractivity contribution in [3.05, 3.63) is 69.8 Å². The van der Waals surface area contributed by atoms with Crippen LogP contribution in [0.2, 0.25) is 0 Å². The molecule has 0 aliphatic heterocycles. The van der Waals surface area contributed by atoms with Crippen molar-refractivity contribution in [2.75, 3.05) is 5.32 Å². The molecule has 0 bridgehead atoms. The second kappa shape index (κ2) is 9.80. The minimum absolute atomic E-state index is 0.00836. The summed E-state index contributed by atoms with van der Waals surface area (Å²) in [5, 5.41) is 13.7. The van der Waals surface area contributed by atoms with Crippen LogP contribution in [0.3, 0.4) is 0 Å². The maximum absolute atomic E-state index is 12.3. The first kappa shape index (κ1) is 21.3. The number of rotatable bonds is 6. The number of thiocarbonyl (C=S) groups is 1. The van der Waals surface area contributed by atoms with Crippen LogP contribution < -0.4 is 16.2 Å². The van der Waals surface area contributed by atoms with Gasteiger partial charge in [0, 0.05) is 17.8 Å². The maximum atomic E-state index is 12.3. The van der Waals surface area contributed by atoms with Crippen molar-refractivity contribution in [3.63, 3.8) is 0 Å². The molecule has 0 aliphatic carbocycles. The SMILES string of the molecule is CC(C)Cc1ccc(C(C)C(=O)NNC(=S)Nc2ccc([N+](=O)[O-])cc2)cc1. The molecule has 1 amide bonds. The van der Waals surface area contributed by atoms with Crippen LogP contribution in [0.15, 0.2) is 48.5 Å². The van der Waals surface area contributed by atoms with Gasteiger partial charge >= 0.3 is 0 Å². The van der Waals surface area contributed by atoms with E-state index in [0.29, 0.717) is 11.6 Å². The van der Waals surface area contributed by atoms with Crippen LogP contribution in [-0.4, -0.2) is 15.9 Å². The fourth-order valence-electron chi connectivity index (χ4n) is 2.62. The molecule has 0 saturated heterocycles. The molecule has 2 aromatic carbocycles. The Morgan fingerprint density at radius 2 is 1.64 bits per heavy atom. The van der Waals surface area contributed by atoms with Gasteiger partial charge in [-0.15, -0.1) is 0 Å². The van der Waals surface area contributed by atoms with Crippen LogP contribution in [0.4, 0.5) is 11.4 Å². The van der Waals surface area contributed by atoms with E-state index >= 15 is 0 Å². The van der Waals surface area contributed by atoms with Crippen LogP contribution in [0, 0.1) is 16.0 Å². The second-order valence-electron chi connectivity index (χ2n) is 6.93. The first-order valence-corrected chi connectivity index (χ1v) is 9.37. The Kier molecular flexibility index (Phi) is 7.45. The van der Waals surface area contributed by atoms with Crippen LogP contribution >= 0.6 is 12.2 Å². The summed E-state index contributed by atoms with van der Waals surface area (Å²) in [7, 11) is 0. The molecule has 148 valence electrons. The van der Waals surface area contributed by atoms with Gasteiger partial charge in [-0.1, -0.05) is 38.1 Å². The van der Waals surface area contributed by atoms with E-state index in [1.165, 1.54) is 29.8 Å². The third-order valence-electron chi connectivity index (χ3n) is 4.15. The fourth-order valence-corrected chi connectivity index (χ4v) is 2.79. The lowest BCUT2D eigenvalue weighted by Gasteiger charge is -2.16. The Bertz CT molecular complexity index is 836. The molecule has 0 fully saturated rings. The summed E-state index contributed by atoms with van der Waals surface area (Å²) < 4.78 is 0. The second-order valence-corrected chi connectivity index (χ2v) is 7.34. The highest BCUT2D eigenvalue weighted by atomic mass is 32.1. The van der Waals surface area contributed by atoms with Crippen molar-refractivity contribution < 1.29 is 9.72 Å². The number of carbonyl (C=O) groups is 1. The summed E-state index contributed by atoms with van der Waals surface area (Å²) in [6.07, 6.45) is 1.00. The van der Waals surface area contributed by atoms with Gasteiger partial charge in [0.15, 0.2) is 5.11 Å². The van der Waals surface area contributed by atoms with Crippen molar-refractivity contribution >= 4 is 34.6 Å². The van der Waals surface area contributed by atoms with E-state index < -0.39 is 4.92 Å². The summed E-state index contributed by atoms with van der Waals surface area (Å²) in [6, 6.07) is 13.8. The molecule has 0 aromatic heterocycles. The Morgan fingerprint density at radius 3 is 2.18 bits per heavy atom. The third kappa shape index (κ3) is 6.31. The molecule has 7 nitrogen and oxygen atoms in total. The van der Waals surface area contributed by atoms with Gasteiger partial charge in [-0.3, -0.25) is 25.8 Å². The van der Waals surface area contributed by atoms with E-state index in [4.69, 9.17) is 12.2 Å². The third-order valence-corrected chi connectivity index (χ3v) is 4.36. The summed E-state index contributed by atoms with van der Waals surface area (Å²) in [5.74, 6) is 0.0206. The van der Waals surface area contributed by atoms with Crippen molar-refractivity contribution in [1.82, 2.24) is 10.9 Å². The van der Waals surface area contributed by atoms with Crippen molar-refractivity contribution in [2.24, 2.45) is 5.92 Å². The molecule has 1 unspecified atom stereocenters. The van der Waals surface area contributed by atoms with E-state index in [1.54, 1.807) is 0 Å². The molecule has 0 heterocycles. The predicted octanol–water partition coefficient (Wildman–Crippen LogP) is 3.91. The number of nitrogens with one attached hydrogen (secondary N) is 3. The topological polar surface area (TPSA) is 96.3 Å². The molecule has 28 heavy (non-hydrogen) atoms. The van der Waals surface area contributed by atoms with Gasteiger partial charge in [-0.25, -0.2) is 0 Å². The van der Waals surface area contributed by atoms with Gasteiger partial charge in [0.1, 0.15) is 0 Å². The summed E-state index contributed by atoms with van der Waals surface area (Å²) in [4.78, 5) is 22.5. The number of benzene rings is 2. The zero-order valence-corrected chi connectivity index (χ0v) is 16.9. The number of hydrazine groups is 1. The average Bonchev–Trinajstić information content (AvgIpc) is 2.66. The van der Waals surface area contributed by atoms with Crippen LogP contribution in [0.5, 0.6) is 0 Å². The van der Waals surface area contributed by atoms with Gasteiger partial charge in [0.25, 0.3) is 5.69 Å². The molecule has 0 saturated carbocycles. The molecule has 1 atom stereocenters. The van der Waals surface area contributed by atoms with Gasteiger partial charge in [0.05, 0.1) is 10.8 Å². The van der Waals surface area contributed by atoms with Crippen molar-refractivity contribution in [3.8, 4) is 0 Å². The van der Waals surface area contributed by atoms with E-state index in [9.17, 15) is 14.9 Å². The molecule has 0 radical (unpaired) electrons. The largest absolute Gasteiger partial charge is 0.331 e. The normalized spacial score (nSPS) is 11.6. The lowest BCUT2D eigenvalue weighted by molar-refractivity contribution is -0.384. The van der Waals surface area contributed by atoms with Gasteiger partial charge in [-0.2, -0.15) is 0 Å². The minimum atomic E-state index is -0.475. The maximum Gasteiger partial charge on any atom is 0.269 e. The summed E-state index contributed by atoms with van der Waals surface area (Å²) in [5.41, 5.74) is 7.95. The molecule has 0 aliphatic rings. The van der Waals surface area contributed by atoms with E-state index in [0.717, 1.165) is 12.0 Å². The zero-order chi connectivity index (χ0) is 20.7. The predicted molar refractivity (Wildman–Crippen MR) is 114 cm³/mol. The number of nitro groups is 1. The highest BCUT2D eigenvalue weighted by Crippen LogP contribution is 2.18. The lowest BCUT2D eigenvalue weighted by atomic mass is 9.96. The Balaban J connectivity index is 1.84. The minimum Gasteiger partial charge on any atom is -0.331 e. The first-order chi connectivity index (χ1) is 13.3. The fraction of sp³-hybridized carbons (Fsp3) is 0.300. The number of non-ortho nitro benzene ring substituents is 1. The quantitative estimate of drug-likeness (QED) is 0.386. The van der Waals surface area contributed by atoms with Crippen molar-refractivity contribution in [2.45, 2.75) is 33.1 Å². The molecule has 3 N–H and O–H groups in total. The Hall–Kier alpha value is -3.00. The van der Waals surface area contributed by atoms with E-state index in [1.807, 2.05) is 31.2 Å².